The maximum absolute atomic E-state index is 12.4. The van der Waals surface area contributed by atoms with Crippen LogP contribution in [0.4, 0.5) is 11.4 Å². The van der Waals surface area contributed by atoms with Gasteiger partial charge in [-0.3, -0.25) is 19.8 Å². The molecule has 1 saturated heterocycles. The Bertz CT molecular complexity index is 797. The van der Waals surface area contributed by atoms with Crippen molar-refractivity contribution in [2.75, 3.05) is 38.0 Å². The van der Waals surface area contributed by atoms with Gasteiger partial charge in [0.1, 0.15) is 5.76 Å². The zero-order valence-electron chi connectivity index (χ0n) is 16.0. The van der Waals surface area contributed by atoms with Crippen LogP contribution in [0.25, 0.3) is 0 Å². The highest BCUT2D eigenvalue weighted by atomic mass is 16.6. The van der Waals surface area contributed by atoms with Crippen molar-refractivity contribution in [3.8, 4) is 0 Å². The third-order valence-electron chi connectivity index (χ3n) is 4.76. The second-order valence-electron chi connectivity index (χ2n) is 6.92. The number of aromatic nitrogens is 1. The molecule has 0 saturated carbocycles. The number of rotatable bonds is 8. The molecule has 0 bridgehead atoms. The number of amides is 1. The van der Waals surface area contributed by atoms with Crippen molar-refractivity contribution in [1.29, 1.82) is 0 Å². The molecule has 1 aliphatic rings. The number of aryl methyl sites for hydroxylation is 1. The van der Waals surface area contributed by atoms with Gasteiger partial charge in [0.05, 0.1) is 10.6 Å². The van der Waals surface area contributed by atoms with E-state index < -0.39 is 4.92 Å². The van der Waals surface area contributed by atoms with Crippen molar-refractivity contribution in [1.82, 2.24) is 15.0 Å². The second-order valence-corrected chi connectivity index (χ2v) is 6.92. The van der Waals surface area contributed by atoms with E-state index in [0.29, 0.717) is 19.4 Å². The number of hydrogen-bond acceptors (Lipinski definition) is 7. The summed E-state index contributed by atoms with van der Waals surface area (Å²) in [6.07, 6.45) is 1.21. The normalized spacial score (nSPS) is 14.8. The first kappa shape index (κ1) is 19.8. The predicted molar refractivity (Wildman–Crippen MR) is 104 cm³/mol. The van der Waals surface area contributed by atoms with Gasteiger partial charge in [-0.2, -0.15) is 0 Å². The zero-order valence-corrected chi connectivity index (χ0v) is 16.0. The Morgan fingerprint density at radius 3 is 2.57 bits per heavy atom. The summed E-state index contributed by atoms with van der Waals surface area (Å²) in [6.45, 7) is 6.39. The summed E-state index contributed by atoms with van der Waals surface area (Å²) in [5.41, 5.74) is 1.81. The van der Waals surface area contributed by atoms with Crippen molar-refractivity contribution < 1.29 is 14.2 Å². The number of carbonyl (C=O) groups excluding carboxylic acids is 1. The van der Waals surface area contributed by atoms with E-state index >= 15 is 0 Å². The number of nitrogens with one attached hydrogen (secondary N) is 1. The SMILES string of the molecule is Cc1cc(CN2CCN(C(=O)CCCNc3ccc([N+](=O)[O-])cc3)CC2)no1. The van der Waals surface area contributed by atoms with Crippen molar-refractivity contribution in [2.45, 2.75) is 26.3 Å². The number of nitrogens with zero attached hydrogens (tertiary/aromatic N) is 4. The van der Waals surface area contributed by atoms with Gasteiger partial charge in [0, 0.05) is 69.6 Å². The van der Waals surface area contributed by atoms with Crippen molar-refractivity contribution in [3.63, 3.8) is 0 Å². The Kier molecular flexibility index (Phi) is 6.59. The summed E-state index contributed by atoms with van der Waals surface area (Å²) >= 11 is 0. The third kappa shape index (κ3) is 5.53. The monoisotopic (exact) mass is 387 g/mol. The molecule has 1 aliphatic heterocycles. The summed E-state index contributed by atoms with van der Waals surface area (Å²) in [4.78, 5) is 26.8. The van der Waals surface area contributed by atoms with Gasteiger partial charge >= 0.3 is 0 Å². The molecule has 1 amide bonds. The van der Waals surface area contributed by atoms with E-state index in [-0.39, 0.29) is 11.6 Å². The van der Waals surface area contributed by atoms with Crippen LogP contribution in [0.5, 0.6) is 0 Å². The van der Waals surface area contributed by atoms with E-state index in [1.165, 1.54) is 12.1 Å². The van der Waals surface area contributed by atoms with E-state index in [9.17, 15) is 14.9 Å². The Morgan fingerprint density at radius 2 is 1.96 bits per heavy atom. The maximum atomic E-state index is 12.4. The van der Waals surface area contributed by atoms with Crippen LogP contribution in [0.1, 0.15) is 24.3 Å². The fourth-order valence-electron chi connectivity index (χ4n) is 3.21. The molecular formula is C19H25N5O4. The van der Waals surface area contributed by atoms with Crippen LogP contribution >= 0.6 is 0 Å². The van der Waals surface area contributed by atoms with Gasteiger partial charge in [0.15, 0.2) is 0 Å². The van der Waals surface area contributed by atoms with Gasteiger partial charge in [0.2, 0.25) is 5.91 Å². The molecular weight excluding hydrogens is 362 g/mol. The Balaban J connectivity index is 1.32. The fraction of sp³-hybridized carbons (Fsp3) is 0.474. The van der Waals surface area contributed by atoms with Crippen LogP contribution in [0.3, 0.4) is 0 Å². The molecule has 9 heteroatoms. The summed E-state index contributed by atoms with van der Waals surface area (Å²) in [6, 6.07) is 8.22. The average Bonchev–Trinajstić information content (AvgIpc) is 3.10. The minimum Gasteiger partial charge on any atom is -0.385 e. The highest BCUT2D eigenvalue weighted by Crippen LogP contribution is 2.15. The number of piperazine rings is 1. The Hall–Kier alpha value is -2.94. The minimum absolute atomic E-state index is 0.0681. The van der Waals surface area contributed by atoms with Crippen molar-refractivity contribution in [3.05, 3.63) is 51.9 Å². The van der Waals surface area contributed by atoms with Crippen LogP contribution < -0.4 is 5.32 Å². The number of hydrogen-bond donors (Lipinski definition) is 1. The maximum Gasteiger partial charge on any atom is 0.269 e. The summed E-state index contributed by atoms with van der Waals surface area (Å²) in [5.74, 6) is 0.980. The van der Waals surface area contributed by atoms with Gasteiger partial charge in [-0.1, -0.05) is 5.16 Å². The molecule has 0 radical (unpaired) electrons. The van der Waals surface area contributed by atoms with E-state index in [1.807, 2.05) is 17.9 Å². The Morgan fingerprint density at radius 1 is 1.25 bits per heavy atom. The molecule has 2 aromatic rings. The van der Waals surface area contributed by atoms with Gasteiger partial charge in [-0.05, 0) is 25.5 Å². The minimum atomic E-state index is -0.422. The molecule has 0 aliphatic carbocycles. The van der Waals surface area contributed by atoms with Crippen LogP contribution in [0, 0.1) is 17.0 Å². The molecule has 0 atom stereocenters. The largest absolute Gasteiger partial charge is 0.385 e. The first-order valence-electron chi connectivity index (χ1n) is 9.42. The molecule has 1 aromatic carbocycles. The lowest BCUT2D eigenvalue weighted by Gasteiger charge is -2.34. The zero-order chi connectivity index (χ0) is 19.9. The predicted octanol–water partition coefficient (Wildman–Crippen LogP) is 2.43. The lowest BCUT2D eigenvalue weighted by Crippen LogP contribution is -2.48. The molecule has 2 heterocycles. The lowest BCUT2D eigenvalue weighted by molar-refractivity contribution is -0.384. The van der Waals surface area contributed by atoms with Gasteiger partial charge in [-0.25, -0.2) is 0 Å². The van der Waals surface area contributed by atoms with Gasteiger partial charge < -0.3 is 14.7 Å². The molecule has 150 valence electrons. The standard InChI is InChI=1S/C19H25N5O4/c1-15-13-17(21-28-15)14-22-9-11-23(12-10-22)19(25)3-2-8-20-16-4-6-18(7-5-16)24(26)27/h4-7,13,20H,2-3,8-12,14H2,1H3. The summed E-state index contributed by atoms with van der Waals surface area (Å²) < 4.78 is 5.09. The first-order chi connectivity index (χ1) is 13.5. The van der Waals surface area contributed by atoms with E-state index in [1.54, 1.807) is 12.1 Å². The van der Waals surface area contributed by atoms with Gasteiger partial charge in [-0.15, -0.1) is 0 Å². The number of nitro benzene ring substituents is 1. The Labute approximate surface area is 163 Å². The second kappa shape index (κ2) is 9.32. The van der Waals surface area contributed by atoms with E-state index in [4.69, 9.17) is 4.52 Å². The number of benzene rings is 1. The lowest BCUT2D eigenvalue weighted by atomic mass is 10.2. The summed E-state index contributed by atoms with van der Waals surface area (Å²) in [7, 11) is 0. The van der Waals surface area contributed by atoms with Crippen LogP contribution in [0.15, 0.2) is 34.9 Å². The molecule has 9 nitrogen and oxygen atoms in total. The fourth-order valence-corrected chi connectivity index (χ4v) is 3.21. The molecule has 1 N–H and O–H groups in total. The molecule has 3 rings (SSSR count). The van der Waals surface area contributed by atoms with Gasteiger partial charge in [0.25, 0.3) is 5.69 Å². The molecule has 28 heavy (non-hydrogen) atoms. The van der Waals surface area contributed by atoms with Crippen LogP contribution in [-0.4, -0.2) is 58.5 Å². The highest BCUT2D eigenvalue weighted by molar-refractivity contribution is 5.76. The number of nitro groups is 1. The highest BCUT2D eigenvalue weighted by Gasteiger charge is 2.21. The molecule has 1 fully saturated rings. The van der Waals surface area contributed by atoms with Crippen LogP contribution in [0.2, 0.25) is 0 Å². The molecule has 0 unspecified atom stereocenters. The van der Waals surface area contributed by atoms with Crippen molar-refractivity contribution in [2.24, 2.45) is 0 Å². The number of carbonyl (C=O) groups is 1. The first-order valence-corrected chi connectivity index (χ1v) is 9.42. The number of non-ortho nitro benzene ring substituents is 1. The molecule has 1 aromatic heterocycles. The van der Waals surface area contributed by atoms with Crippen LogP contribution in [-0.2, 0) is 11.3 Å². The third-order valence-corrected chi connectivity index (χ3v) is 4.76. The van der Waals surface area contributed by atoms with E-state index in [2.05, 4.69) is 15.4 Å². The summed E-state index contributed by atoms with van der Waals surface area (Å²) in [5, 5.41) is 17.8. The topological polar surface area (TPSA) is 105 Å². The average molecular weight is 387 g/mol. The van der Waals surface area contributed by atoms with E-state index in [0.717, 1.165) is 49.9 Å². The van der Waals surface area contributed by atoms with Crippen molar-refractivity contribution >= 4 is 17.3 Å². The smallest absolute Gasteiger partial charge is 0.269 e. The molecule has 0 spiro atoms. The number of anilines is 1. The quantitative estimate of drug-likeness (QED) is 0.421.